The number of carbonyl (C=O) groups is 1. The Labute approximate surface area is 201 Å². The van der Waals surface area contributed by atoms with Gasteiger partial charge in [0.15, 0.2) is 0 Å². The van der Waals surface area contributed by atoms with Gasteiger partial charge in [-0.2, -0.15) is 0 Å². The summed E-state index contributed by atoms with van der Waals surface area (Å²) in [6.07, 6.45) is 0.0774. The molecule has 4 aromatic rings. The summed E-state index contributed by atoms with van der Waals surface area (Å²) in [5.41, 5.74) is 9.59. The third-order valence-corrected chi connectivity index (χ3v) is 5.57. The van der Waals surface area contributed by atoms with Crippen LogP contribution in [-0.4, -0.2) is 58.0 Å². The molecule has 0 aliphatic carbocycles. The Morgan fingerprint density at radius 2 is 1.94 bits per heavy atom. The van der Waals surface area contributed by atoms with Crippen molar-refractivity contribution in [2.24, 2.45) is 0 Å². The third-order valence-electron chi connectivity index (χ3n) is 5.57. The van der Waals surface area contributed by atoms with Crippen LogP contribution in [0.15, 0.2) is 54.6 Å². The fourth-order valence-corrected chi connectivity index (χ4v) is 3.84. The maximum absolute atomic E-state index is 12.6. The van der Waals surface area contributed by atoms with Crippen molar-refractivity contribution in [1.29, 1.82) is 0 Å². The molecule has 10 nitrogen and oxygen atoms in total. The Kier molecular flexibility index (Phi) is 6.65. The van der Waals surface area contributed by atoms with E-state index in [9.17, 15) is 20.0 Å². The first-order valence-electron chi connectivity index (χ1n) is 11.0. The van der Waals surface area contributed by atoms with Gasteiger partial charge in [-0.1, -0.05) is 12.1 Å². The minimum Gasteiger partial charge on any atom is -0.507 e. The highest BCUT2D eigenvalue weighted by Gasteiger charge is 2.18. The monoisotopic (exact) mass is 474 g/mol. The number of fused-ring (bicyclic) bond motifs is 1. The smallest absolute Gasteiger partial charge is 0.270 e. The van der Waals surface area contributed by atoms with E-state index in [1.54, 1.807) is 42.5 Å². The Bertz CT molecular complexity index is 1410. The lowest BCUT2D eigenvalue weighted by Gasteiger charge is -2.14. The van der Waals surface area contributed by atoms with E-state index in [0.717, 1.165) is 5.52 Å². The number of nitrogens with two attached hydrogens (primary N) is 1. The molecule has 0 fully saturated rings. The summed E-state index contributed by atoms with van der Waals surface area (Å²) in [4.78, 5) is 32.9. The van der Waals surface area contributed by atoms with Crippen LogP contribution in [0.5, 0.6) is 5.75 Å². The Hall–Kier alpha value is -4.44. The topological polar surface area (TPSA) is 150 Å². The lowest BCUT2D eigenvalue weighted by atomic mass is 9.95. The summed E-state index contributed by atoms with van der Waals surface area (Å²) >= 11 is 0. The van der Waals surface area contributed by atoms with Crippen molar-refractivity contribution in [3.05, 3.63) is 70.3 Å². The highest BCUT2D eigenvalue weighted by molar-refractivity contribution is 5.89. The van der Waals surface area contributed by atoms with Gasteiger partial charge in [0.05, 0.1) is 28.1 Å². The molecule has 0 spiro atoms. The number of aromatic nitrogens is 2. The average Bonchev–Trinajstić information content (AvgIpc) is 3.22. The van der Waals surface area contributed by atoms with E-state index in [1.807, 2.05) is 19.0 Å². The number of carbonyl (C=O) groups excluding carboxylic acids is 1. The molecule has 0 atom stereocenters. The number of nitrogens with one attached hydrogen (secondary N) is 2. The number of nitro groups is 1. The van der Waals surface area contributed by atoms with Crippen LogP contribution in [-0.2, 0) is 11.2 Å². The number of nitro benzene ring substituents is 1. The predicted octanol–water partition coefficient (Wildman–Crippen LogP) is 3.31. The quantitative estimate of drug-likeness (QED) is 0.226. The first kappa shape index (κ1) is 23.7. The van der Waals surface area contributed by atoms with Crippen LogP contribution < -0.4 is 11.1 Å². The van der Waals surface area contributed by atoms with Crippen LogP contribution in [0.1, 0.15) is 5.56 Å². The normalized spacial score (nSPS) is 11.2. The van der Waals surface area contributed by atoms with Crippen molar-refractivity contribution in [3.8, 4) is 28.1 Å². The number of pyridine rings is 1. The van der Waals surface area contributed by atoms with E-state index in [0.29, 0.717) is 52.4 Å². The molecule has 0 aliphatic rings. The highest BCUT2D eigenvalue weighted by atomic mass is 16.6. The number of nitrogens with zero attached hydrogens (tertiary/aromatic N) is 3. The van der Waals surface area contributed by atoms with Gasteiger partial charge >= 0.3 is 0 Å². The van der Waals surface area contributed by atoms with Crippen molar-refractivity contribution in [2.75, 3.05) is 32.9 Å². The van der Waals surface area contributed by atoms with Crippen LogP contribution in [0.4, 0.5) is 11.5 Å². The number of phenols is 1. The van der Waals surface area contributed by atoms with Gasteiger partial charge in [0.1, 0.15) is 11.6 Å². The van der Waals surface area contributed by atoms with Gasteiger partial charge in [-0.05, 0) is 55.6 Å². The lowest BCUT2D eigenvalue weighted by molar-refractivity contribution is -0.384. The van der Waals surface area contributed by atoms with Crippen molar-refractivity contribution < 1.29 is 14.8 Å². The van der Waals surface area contributed by atoms with Crippen LogP contribution in [0.25, 0.3) is 33.4 Å². The molecular formula is C25H26N6O4. The number of benzene rings is 2. The van der Waals surface area contributed by atoms with Gasteiger partial charge < -0.3 is 26.0 Å². The lowest BCUT2D eigenvalue weighted by Crippen LogP contribution is -2.32. The molecule has 4 rings (SSSR count). The molecule has 0 saturated heterocycles. The highest BCUT2D eigenvalue weighted by Crippen LogP contribution is 2.40. The minimum atomic E-state index is -0.489. The van der Waals surface area contributed by atoms with Crippen molar-refractivity contribution in [2.45, 2.75) is 6.42 Å². The predicted molar refractivity (Wildman–Crippen MR) is 135 cm³/mol. The zero-order chi connectivity index (χ0) is 25.1. The van der Waals surface area contributed by atoms with Gasteiger partial charge in [-0.15, -0.1) is 0 Å². The molecule has 0 radical (unpaired) electrons. The van der Waals surface area contributed by atoms with Crippen molar-refractivity contribution in [3.63, 3.8) is 0 Å². The van der Waals surface area contributed by atoms with Crippen molar-refractivity contribution >= 4 is 28.4 Å². The molecule has 10 heteroatoms. The molecule has 0 aliphatic heterocycles. The van der Waals surface area contributed by atoms with Crippen LogP contribution in [0, 0.1) is 10.1 Å². The van der Waals surface area contributed by atoms with E-state index in [1.165, 1.54) is 12.1 Å². The largest absolute Gasteiger partial charge is 0.507 e. The molecular weight excluding hydrogens is 448 g/mol. The number of amides is 1. The number of likely N-dealkylation sites (N-methyl/N-ethyl adjacent to an activating group) is 1. The number of nitrogen functional groups attached to an aromatic ring is 1. The summed E-state index contributed by atoms with van der Waals surface area (Å²) in [5, 5.41) is 25.4. The number of non-ortho nitro benzene ring substituents is 1. The maximum atomic E-state index is 12.6. The summed E-state index contributed by atoms with van der Waals surface area (Å²) in [6.45, 7) is 1.21. The number of hydrogen-bond donors (Lipinski definition) is 4. The van der Waals surface area contributed by atoms with Gasteiger partial charge in [0, 0.05) is 36.3 Å². The molecule has 1 amide bonds. The van der Waals surface area contributed by atoms with Crippen LogP contribution >= 0.6 is 0 Å². The molecule has 5 N–H and O–H groups in total. The molecule has 0 bridgehead atoms. The molecule has 0 saturated carbocycles. The minimum absolute atomic E-state index is 0.0678. The number of aromatic amines is 1. The van der Waals surface area contributed by atoms with Gasteiger partial charge in [0.25, 0.3) is 5.69 Å². The van der Waals surface area contributed by atoms with Gasteiger partial charge in [-0.3, -0.25) is 14.9 Å². The third kappa shape index (κ3) is 5.39. The second kappa shape index (κ2) is 9.82. The van der Waals surface area contributed by atoms with Gasteiger partial charge in [-0.25, -0.2) is 4.98 Å². The molecule has 35 heavy (non-hydrogen) atoms. The van der Waals surface area contributed by atoms with Crippen LogP contribution in [0.2, 0.25) is 0 Å². The summed E-state index contributed by atoms with van der Waals surface area (Å²) < 4.78 is 0. The van der Waals surface area contributed by atoms with E-state index in [-0.39, 0.29) is 23.8 Å². The summed E-state index contributed by atoms with van der Waals surface area (Å²) in [5.74, 6) is 0.133. The number of rotatable bonds is 8. The average molecular weight is 475 g/mol. The standard InChI is InChI=1S/C25H26N6O4/c1-30(2)9-8-27-24(32)12-15-10-18(16-4-3-5-17(13-16)31(34)35)25(33)19(11-15)21-14-22-20(28-21)6-7-23(26)29-22/h3-7,10-11,13-14,28,33H,8-9,12H2,1-2H3,(H2,26,29)(H,27,32). The second-order valence-corrected chi connectivity index (χ2v) is 8.53. The number of H-pyrrole nitrogens is 1. The fourth-order valence-electron chi connectivity index (χ4n) is 3.84. The van der Waals surface area contributed by atoms with Crippen molar-refractivity contribution in [1.82, 2.24) is 20.2 Å². The second-order valence-electron chi connectivity index (χ2n) is 8.53. The van der Waals surface area contributed by atoms with E-state index in [4.69, 9.17) is 5.73 Å². The van der Waals surface area contributed by atoms with E-state index < -0.39 is 4.92 Å². The molecule has 2 heterocycles. The van der Waals surface area contributed by atoms with Crippen LogP contribution in [0.3, 0.4) is 0 Å². The maximum Gasteiger partial charge on any atom is 0.270 e. The first-order chi connectivity index (χ1) is 16.7. The summed E-state index contributed by atoms with van der Waals surface area (Å²) in [6, 6.07) is 14.7. The van der Waals surface area contributed by atoms with E-state index >= 15 is 0 Å². The number of anilines is 1. The Morgan fingerprint density at radius 1 is 1.17 bits per heavy atom. The van der Waals surface area contributed by atoms with E-state index in [2.05, 4.69) is 15.3 Å². The Balaban J connectivity index is 1.79. The SMILES string of the molecule is CN(C)CCNC(=O)Cc1cc(-c2cccc([N+](=O)[O-])c2)c(O)c(-c2cc3nc(N)ccc3[nH]2)c1. The number of aromatic hydroxyl groups is 1. The first-order valence-corrected chi connectivity index (χ1v) is 11.0. The molecule has 2 aromatic carbocycles. The molecule has 2 aromatic heterocycles. The molecule has 180 valence electrons. The Morgan fingerprint density at radius 3 is 2.69 bits per heavy atom. The zero-order valence-corrected chi connectivity index (χ0v) is 19.4. The fraction of sp³-hybridized carbons (Fsp3) is 0.200. The summed E-state index contributed by atoms with van der Waals surface area (Å²) in [7, 11) is 3.85. The zero-order valence-electron chi connectivity index (χ0n) is 19.4. The van der Waals surface area contributed by atoms with Gasteiger partial charge in [0.2, 0.25) is 5.91 Å². The number of phenolic OH excluding ortho intramolecular Hbond substituents is 1. The number of hydrogen-bond acceptors (Lipinski definition) is 7. The molecule has 0 unspecified atom stereocenters.